The molecule has 1 fully saturated rings. The van der Waals surface area contributed by atoms with Gasteiger partial charge in [0.05, 0.1) is 26.9 Å². The summed E-state index contributed by atoms with van der Waals surface area (Å²) in [6.07, 6.45) is 3.05. The van der Waals surface area contributed by atoms with Gasteiger partial charge in [-0.3, -0.25) is 4.79 Å². The van der Waals surface area contributed by atoms with Crippen molar-refractivity contribution in [1.29, 1.82) is 0 Å². The van der Waals surface area contributed by atoms with Crippen molar-refractivity contribution in [2.24, 2.45) is 0 Å². The summed E-state index contributed by atoms with van der Waals surface area (Å²) in [5, 5.41) is 0. The number of esters is 1. The van der Waals surface area contributed by atoms with Crippen molar-refractivity contribution in [1.82, 2.24) is 4.90 Å². The second-order valence-corrected chi connectivity index (χ2v) is 6.42. The van der Waals surface area contributed by atoms with Gasteiger partial charge in [-0.2, -0.15) is 0 Å². The molecule has 1 amide bonds. The molecule has 26 heavy (non-hydrogen) atoms. The molecule has 0 spiro atoms. The topological polar surface area (TPSA) is 74.3 Å². The van der Waals surface area contributed by atoms with Gasteiger partial charge in [-0.1, -0.05) is 0 Å². The van der Waals surface area contributed by atoms with Crippen molar-refractivity contribution in [3.63, 3.8) is 0 Å². The lowest BCUT2D eigenvalue weighted by molar-refractivity contribution is -0.140. The van der Waals surface area contributed by atoms with Gasteiger partial charge < -0.3 is 23.8 Å². The summed E-state index contributed by atoms with van der Waals surface area (Å²) in [6, 6.07) is 3.32. The van der Waals surface area contributed by atoms with Crippen LogP contribution in [0.1, 0.15) is 43.5 Å². The van der Waals surface area contributed by atoms with Crippen LogP contribution < -0.4 is 14.2 Å². The minimum Gasteiger partial charge on any atom is -0.493 e. The Balaban J connectivity index is 2.09. The Morgan fingerprint density at radius 1 is 1.00 bits per heavy atom. The SMILES string of the molecule is COc1cc(C(=O)OCC(=O)N2[C@@H](C)CCC[C@@H]2C)cc(OC)c1OC. The number of ether oxygens (including phenoxy) is 4. The number of hydrogen-bond acceptors (Lipinski definition) is 6. The van der Waals surface area contributed by atoms with Crippen molar-refractivity contribution in [2.75, 3.05) is 27.9 Å². The molecule has 1 heterocycles. The van der Waals surface area contributed by atoms with E-state index in [9.17, 15) is 9.59 Å². The highest BCUT2D eigenvalue weighted by molar-refractivity contribution is 5.93. The van der Waals surface area contributed by atoms with Gasteiger partial charge in [0, 0.05) is 12.1 Å². The number of hydrogen-bond donors (Lipinski definition) is 0. The smallest absolute Gasteiger partial charge is 0.338 e. The van der Waals surface area contributed by atoms with Crippen LogP contribution in [0.3, 0.4) is 0 Å². The average Bonchev–Trinajstić information content (AvgIpc) is 2.64. The zero-order valence-corrected chi connectivity index (χ0v) is 16.0. The predicted molar refractivity (Wildman–Crippen MR) is 96.0 cm³/mol. The first-order valence-corrected chi connectivity index (χ1v) is 8.71. The highest BCUT2D eigenvalue weighted by Crippen LogP contribution is 2.38. The molecule has 2 atom stereocenters. The van der Waals surface area contributed by atoms with Gasteiger partial charge in [0.2, 0.25) is 5.75 Å². The van der Waals surface area contributed by atoms with Crippen LogP contribution in [0.5, 0.6) is 17.2 Å². The predicted octanol–water partition coefficient (Wildman–Crippen LogP) is 2.66. The van der Waals surface area contributed by atoms with Gasteiger partial charge >= 0.3 is 5.97 Å². The number of carbonyl (C=O) groups is 2. The first kappa shape index (κ1) is 19.9. The fourth-order valence-corrected chi connectivity index (χ4v) is 3.40. The molecule has 0 unspecified atom stereocenters. The lowest BCUT2D eigenvalue weighted by Gasteiger charge is -2.38. The van der Waals surface area contributed by atoms with E-state index in [1.165, 1.54) is 33.5 Å². The molecule has 7 heteroatoms. The Labute approximate surface area is 154 Å². The lowest BCUT2D eigenvalue weighted by Crippen LogP contribution is -2.49. The van der Waals surface area contributed by atoms with Crippen LogP contribution in [0.15, 0.2) is 12.1 Å². The Kier molecular flexibility index (Phi) is 6.71. The van der Waals surface area contributed by atoms with Crippen molar-refractivity contribution in [3.05, 3.63) is 17.7 Å². The maximum atomic E-state index is 12.5. The van der Waals surface area contributed by atoms with Crippen LogP contribution >= 0.6 is 0 Å². The summed E-state index contributed by atoms with van der Waals surface area (Å²) in [5.74, 6) is 0.297. The van der Waals surface area contributed by atoms with Crippen LogP contribution in [0.25, 0.3) is 0 Å². The fourth-order valence-electron chi connectivity index (χ4n) is 3.40. The van der Waals surface area contributed by atoms with Gasteiger partial charge in [-0.25, -0.2) is 4.79 Å². The number of nitrogens with zero attached hydrogens (tertiary/aromatic N) is 1. The molecule has 0 aliphatic carbocycles. The van der Waals surface area contributed by atoms with Crippen LogP contribution in [0.4, 0.5) is 0 Å². The van der Waals surface area contributed by atoms with E-state index in [-0.39, 0.29) is 30.2 Å². The van der Waals surface area contributed by atoms with E-state index < -0.39 is 5.97 Å². The number of piperidine rings is 1. The van der Waals surface area contributed by atoms with E-state index in [1.54, 1.807) is 0 Å². The van der Waals surface area contributed by atoms with Crippen molar-refractivity contribution in [3.8, 4) is 17.2 Å². The molecular weight excluding hydrogens is 338 g/mol. The maximum absolute atomic E-state index is 12.5. The van der Waals surface area contributed by atoms with Crippen LogP contribution in [-0.2, 0) is 9.53 Å². The van der Waals surface area contributed by atoms with E-state index in [4.69, 9.17) is 18.9 Å². The highest BCUT2D eigenvalue weighted by Gasteiger charge is 2.29. The van der Waals surface area contributed by atoms with Gasteiger partial charge in [-0.15, -0.1) is 0 Å². The first-order valence-electron chi connectivity index (χ1n) is 8.71. The van der Waals surface area contributed by atoms with Crippen molar-refractivity contribution < 1.29 is 28.5 Å². The number of rotatable bonds is 6. The van der Waals surface area contributed by atoms with E-state index in [2.05, 4.69) is 0 Å². The van der Waals surface area contributed by atoms with E-state index in [1.807, 2.05) is 18.7 Å². The molecule has 144 valence electrons. The van der Waals surface area contributed by atoms with Gasteiger partial charge in [0.1, 0.15) is 0 Å². The molecule has 0 radical (unpaired) electrons. The Morgan fingerprint density at radius 2 is 1.54 bits per heavy atom. The van der Waals surface area contributed by atoms with E-state index in [0.29, 0.717) is 17.2 Å². The van der Waals surface area contributed by atoms with Crippen LogP contribution in [0, 0.1) is 0 Å². The van der Waals surface area contributed by atoms with E-state index >= 15 is 0 Å². The monoisotopic (exact) mass is 365 g/mol. The fraction of sp³-hybridized carbons (Fsp3) is 0.579. The first-order chi connectivity index (χ1) is 12.4. The maximum Gasteiger partial charge on any atom is 0.338 e. The normalized spacial score (nSPS) is 19.7. The third-order valence-corrected chi connectivity index (χ3v) is 4.71. The molecule has 0 N–H and O–H groups in total. The lowest BCUT2D eigenvalue weighted by atomic mass is 9.97. The number of benzene rings is 1. The minimum atomic E-state index is -0.616. The minimum absolute atomic E-state index is 0.158. The summed E-state index contributed by atoms with van der Waals surface area (Å²) < 4.78 is 20.9. The number of amides is 1. The molecule has 1 aromatic carbocycles. The molecule has 1 saturated heterocycles. The Bertz CT molecular complexity index is 624. The average molecular weight is 365 g/mol. The van der Waals surface area contributed by atoms with Crippen molar-refractivity contribution >= 4 is 11.9 Å². The molecule has 1 aliphatic heterocycles. The summed E-state index contributed by atoms with van der Waals surface area (Å²) in [6.45, 7) is 3.76. The molecule has 0 aromatic heterocycles. The highest BCUT2D eigenvalue weighted by atomic mass is 16.5. The third-order valence-electron chi connectivity index (χ3n) is 4.71. The molecule has 7 nitrogen and oxygen atoms in total. The molecule has 2 rings (SSSR count). The summed E-state index contributed by atoms with van der Waals surface area (Å²) in [5.41, 5.74) is 0.229. The van der Waals surface area contributed by atoms with Gasteiger partial charge in [0.15, 0.2) is 18.1 Å². The molecule has 1 aliphatic rings. The number of likely N-dealkylation sites (tertiary alicyclic amines) is 1. The van der Waals surface area contributed by atoms with Crippen molar-refractivity contribution in [2.45, 2.75) is 45.2 Å². The summed E-state index contributed by atoms with van der Waals surface area (Å²) >= 11 is 0. The van der Waals surface area contributed by atoms with E-state index in [0.717, 1.165) is 19.3 Å². The largest absolute Gasteiger partial charge is 0.493 e. The molecule has 1 aromatic rings. The van der Waals surface area contributed by atoms with Gasteiger partial charge in [-0.05, 0) is 45.2 Å². The summed E-state index contributed by atoms with van der Waals surface area (Å²) in [7, 11) is 4.42. The Hall–Kier alpha value is -2.44. The molecular formula is C19H27NO6. The molecule has 0 saturated carbocycles. The third kappa shape index (κ3) is 4.20. The zero-order chi connectivity index (χ0) is 19.3. The van der Waals surface area contributed by atoms with Gasteiger partial charge in [0.25, 0.3) is 5.91 Å². The standard InChI is InChI=1S/C19H27NO6/c1-12-7-6-8-13(2)20(12)17(21)11-26-19(22)14-9-15(23-3)18(25-5)16(10-14)24-4/h9-10,12-13H,6-8,11H2,1-5H3/t12-,13-/m0/s1. The second kappa shape index (κ2) is 8.78. The zero-order valence-electron chi connectivity index (χ0n) is 16.0. The quantitative estimate of drug-likeness (QED) is 0.722. The number of methoxy groups -OCH3 is 3. The van der Waals surface area contributed by atoms with Crippen LogP contribution in [-0.4, -0.2) is 56.8 Å². The Morgan fingerprint density at radius 3 is 2.00 bits per heavy atom. The van der Waals surface area contributed by atoms with Crippen LogP contribution in [0.2, 0.25) is 0 Å². The molecule has 0 bridgehead atoms. The second-order valence-electron chi connectivity index (χ2n) is 6.42. The number of carbonyl (C=O) groups excluding carboxylic acids is 2. The summed E-state index contributed by atoms with van der Waals surface area (Å²) in [4.78, 5) is 26.7.